The molecule has 2 N–H and O–H groups in total. The van der Waals surface area contributed by atoms with Crippen LogP contribution >= 0.6 is 35.3 Å². The molecule has 0 radical (unpaired) electrons. The smallest absolute Gasteiger partial charge is 0.191 e. The molecule has 138 valence electrons. The van der Waals surface area contributed by atoms with E-state index < -0.39 is 0 Å². The molecule has 0 fully saturated rings. The average molecular weight is 472 g/mol. The van der Waals surface area contributed by atoms with Crippen molar-refractivity contribution in [2.75, 3.05) is 33.7 Å². The van der Waals surface area contributed by atoms with Gasteiger partial charge < -0.3 is 15.5 Å². The van der Waals surface area contributed by atoms with Crippen molar-refractivity contribution in [1.82, 2.24) is 15.5 Å². The molecular weight excluding hydrogens is 443 g/mol. The van der Waals surface area contributed by atoms with Crippen molar-refractivity contribution in [3.8, 4) is 0 Å². The van der Waals surface area contributed by atoms with E-state index in [1.54, 1.807) is 11.3 Å². The summed E-state index contributed by atoms with van der Waals surface area (Å²) in [4.78, 5) is 8.36. The van der Waals surface area contributed by atoms with E-state index in [1.165, 1.54) is 10.4 Å². The predicted molar refractivity (Wildman–Crippen MR) is 120 cm³/mol. The first-order valence-electron chi connectivity index (χ1n) is 8.46. The molecule has 0 saturated carbocycles. The molecule has 1 atom stereocenters. The highest BCUT2D eigenvalue weighted by Gasteiger charge is 2.14. The van der Waals surface area contributed by atoms with Crippen LogP contribution in [0.15, 0.2) is 52.8 Å². The second-order valence-electron chi connectivity index (χ2n) is 5.88. The molecule has 6 heteroatoms. The van der Waals surface area contributed by atoms with Gasteiger partial charge in [-0.05, 0) is 44.4 Å². The molecule has 1 aromatic heterocycles. The number of aliphatic imine (C=N–C) groups is 1. The highest BCUT2D eigenvalue weighted by molar-refractivity contribution is 14.0. The number of likely N-dealkylation sites (N-methyl/N-ethyl adjacent to an activating group) is 1. The third-order valence-electron chi connectivity index (χ3n) is 3.81. The Morgan fingerprint density at radius 2 is 1.88 bits per heavy atom. The van der Waals surface area contributed by atoms with E-state index >= 15 is 0 Å². The maximum Gasteiger partial charge on any atom is 0.191 e. The van der Waals surface area contributed by atoms with Gasteiger partial charge in [0.05, 0.1) is 12.6 Å². The summed E-state index contributed by atoms with van der Waals surface area (Å²) in [7, 11) is 4.21. The van der Waals surface area contributed by atoms with E-state index in [-0.39, 0.29) is 24.0 Å². The summed E-state index contributed by atoms with van der Waals surface area (Å²) in [5.41, 5.74) is 1.34. The SMILES string of the molecule is CCNC(=NCC(c1cccs1)N(C)C)NCCc1ccccc1.I. The second-order valence-corrected chi connectivity index (χ2v) is 6.86. The van der Waals surface area contributed by atoms with Crippen LogP contribution in [-0.4, -0.2) is 44.6 Å². The molecule has 4 nitrogen and oxygen atoms in total. The monoisotopic (exact) mass is 472 g/mol. The van der Waals surface area contributed by atoms with E-state index in [0.29, 0.717) is 6.04 Å². The van der Waals surface area contributed by atoms with Gasteiger partial charge in [-0.25, -0.2) is 0 Å². The predicted octanol–water partition coefficient (Wildman–Crippen LogP) is 3.77. The van der Waals surface area contributed by atoms with Crippen LogP contribution in [0.5, 0.6) is 0 Å². The van der Waals surface area contributed by atoms with Crippen LogP contribution in [0.3, 0.4) is 0 Å². The highest BCUT2D eigenvalue weighted by Crippen LogP contribution is 2.23. The lowest BCUT2D eigenvalue weighted by Crippen LogP contribution is -2.39. The fourth-order valence-electron chi connectivity index (χ4n) is 2.48. The molecule has 1 aromatic carbocycles. The molecule has 0 amide bonds. The molecule has 1 unspecified atom stereocenters. The van der Waals surface area contributed by atoms with E-state index in [2.05, 4.69) is 84.4 Å². The summed E-state index contributed by atoms with van der Waals surface area (Å²) in [5, 5.41) is 8.89. The molecule has 2 aromatic rings. The van der Waals surface area contributed by atoms with Gasteiger partial charge in [-0.3, -0.25) is 4.99 Å². The lowest BCUT2D eigenvalue weighted by molar-refractivity contribution is 0.310. The molecule has 1 heterocycles. The molecule has 0 spiro atoms. The lowest BCUT2D eigenvalue weighted by Gasteiger charge is -2.22. The number of rotatable bonds is 8. The maximum atomic E-state index is 4.78. The Hall–Kier alpha value is -1.12. The largest absolute Gasteiger partial charge is 0.357 e. The Balaban J connectivity index is 0.00000312. The maximum absolute atomic E-state index is 4.78. The minimum absolute atomic E-state index is 0. The Morgan fingerprint density at radius 1 is 1.12 bits per heavy atom. The van der Waals surface area contributed by atoms with E-state index in [1.807, 2.05) is 0 Å². The highest BCUT2D eigenvalue weighted by atomic mass is 127. The number of nitrogens with one attached hydrogen (secondary N) is 2. The number of benzene rings is 1. The number of guanidine groups is 1. The summed E-state index contributed by atoms with van der Waals surface area (Å²) in [5.74, 6) is 0.886. The molecule has 0 bridgehead atoms. The normalized spacial score (nSPS) is 12.6. The third kappa shape index (κ3) is 7.75. The summed E-state index contributed by atoms with van der Waals surface area (Å²) < 4.78 is 0. The standard InChI is InChI=1S/C19H28N4S.HI/c1-4-20-19(21-13-12-16-9-6-5-7-10-16)22-15-17(23(2)3)18-11-8-14-24-18;/h5-11,14,17H,4,12-13,15H2,1-3H3,(H2,20,21,22);1H. The number of halogens is 1. The van der Waals surface area contributed by atoms with Crippen molar-refractivity contribution in [3.05, 3.63) is 58.3 Å². The van der Waals surface area contributed by atoms with Crippen LogP contribution in [0, 0.1) is 0 Å². The molecular formula is C19H29IN4S. The van der Waals surface area contributed by atoms with Crippen LogP contribution in [0.4, 0.5) is 0 Å². The first-order chi connectivity index (χ1) is 11.7. The van der Waals surface area contributed by atoms with Gasteiger partial charge in [0.25, 0.3) is 0 Å². The Labute approximate surface area is 172 Å². The number of nitrogens with zero attached hydrogens (tertiary/aromatic N) is 2. The molecule has 0 aliphatic rings. The van der Waals surface area contributed by atoms with Crippen molar-refractivity contribution in [1.29, 1.82) is 0 Å². The van der Waals surface area contributed by atoms with Crippen molar-refractivity contribution < 1.29 is 0 Å². The van der Waals surface area contributed by atoms with Gasteiger partial charge in [0.15, 0.2) is 5.96 Å². The van der Waals surface area contributed by atoms with Crippen LogP contribution < -0.4 is 10.6 Å². The first-order valence-corrected chi connectivity index (χ1v) is 9.34. The molecule has 2 rings (SSSR count). The zero-order valence-electron chi connectivity index (χ0n) is 15.2. The summed E-state index contributed by atoms with van der Waals surface area (Å²) in [6.07, 6.45) is 0.993. The second kappa shape index (κ2) is 12.3. The number of hydrogen-bond acceptors (Lipinski definition) is 3. The van der Waals surface area contributed by atoms with Crippen LogP contribution in [0.25, 0.3) is 0 Å². The average Bonchev–Trinajstić information content (AvgIpc) is 3.10. The van der Waals surface area contributed by atoms with Crippen LogP contribution in [-0.2, 0) is 6.42 Å². The molecule has 0 aliphatic heterocycles. The fraction of sp³-hybridized carbons (Fsp3) is 0.421. The van der Waals surface area contributed by atoms with Gasteiger partial charge in [0.2, 0.25) is 0 Å². The summed E-state index contributed by atoms with van der Waals surface area (Å²) in [6, 6.07) is 15.1. The zero-order valence-corrected chi connectivity index (χ0v) is 18.4. The Morgan fingerprint density at radius 3 is 2.48 bits per heavy atom. The summed E-state index contributed by atoms with van der Waals surface area (Å²) >= 11 is 1.79. The van der Waals surface area contributed by atoms with Crippen molar-refractivity contribution in [3.63, 3.8) is 0 Å². The van der Waals surface area contributed by atoms with E-state index in [9.17, 15) is 0 Å². The topological polar surface area (TPSA) is 39.7 Å². The molecule has 0 aliphatic carbocycles. The van der Waals surface area contributed by atoms with Crippen molar-refractivity contribution >= 4 is 41.3 Å². The van der Waals surface area contributed by atoms with Crippen LogP contribution in [0.1, 0.15) is 23.4 Å². The number of thiophene rings is 1. The van der Waals surface area contributed by atoms with E-state index in [4.69, 9.17) is 4.99 Å². The minimum atomic E-state index is 0. The quantitative estimate of drug-likeness (QED) is 0.349. The molecule has 25 heavy (non-hydrogen) atoms. The van der Waals surface area contributed by atoms with Gasteiger partial charge in [0.1, 0.15) is 0 Å². The Kier molecular flexibility index (Phi) is 10.8. The lowest BCUT2D eigenvalue weighted by atomic mass is 10.1. The van der Waals surface area contributed by atoms with Crippen LogP contribution in [0.2, 0.25) is 0 Å². The third-order valence-corrected chi connectivity index (χ3v) is 4.78. The summed E-state index contributed by atoms with van der Waals surface area (Å²) in [6.45, 7) is 4.58. The fourth-order valence-corrected chi connectivity index (χ4v) is 3.39. The van der Waals surface area contributed by atoms with Gasteiger partial charge >= 0.3 is 0 Å². The van der Waals surface area contributed by atoms with Gasteiger partial charge in [0, 0.05) is 18.0 Å². The van der Waals surface area contributed by atoms with Crippen molar-refractivity contribution in [2.24, 2.45) is 4.99 Å². The number of hydrogen-bond donors (Lipinski definition) is 2. The minimum Gasteiger partial charge on any atom is -0.357 e. The van der Waals surface area contributed by atoms with E-state index in [0.717, 1.165) is 32.0 Å². The van der Waals surface area contributed by atoms with Gasteiger partial charge in [-0.1, -0.05) is 36.4 Å². The zero-order chi connectivity index (χ0) is 17.2. The van der Waals surface area contributed by atoms with Gasteiger partial charge in [-0.2, -0.15) is 0 Å². The Bertz CT molecular complexity index is 599. The van der Waals surface area contributed by atoms with Crippen molar-refractivity contribution in [2.45, 2.75) is 19.4 Å². The first kappa shape index (κ1) is 21.9. The van der Waals surface area contributed by atoms with Gasteiger partial charge in [-0.15, -0.1) is 35.3 Å². The molecule has 0 saturated heterocycles.